The van der Waals surface area contributed by atoms with Gasteiger partial charge in [-0.15, -0.1) is 0 Å². The standard InChI is InChI=1S/C17H27NO/c1-6-15-10-8-11-16(14-15)19-13-9-12-18(7-2)17(3,4)5/h6,8,10-11,14H,1,7,9,12-13H2,2-5H3. The lowest BCUT2D eigenvalue weighted by Crippen LogP contribution is -2.42. The van der Waals surface area contributed by atoms with Crippen LogP contribution in [-0.2, 0) is 0 Å². The van der Waals surface area contributed by atoms with Crippen LogP contribution in [0.25, 0.3) is 6.08 Å². The van der Waals surface area contributed by atoms with Gasteiger partial charge in [0.2, 0.25) is 0 Å². The van der Waals surface area contributed by atoms with Crippen LogP contribution in [0.3, 0.4) is 0 Å². The summed E-state index contributed by atoms with van der Waals surface area (Å²) in [4.78, 5) is 2.47. The highest BCUT2D eigenvalue weighted by Crippen LogP contribution is 2.15. The van der Waals surface area contributed by atoms with Gasteiger partial charge in [-0.25, -0.2) is 0 Å². The van der Waals surface area contributed by atoms with Crippen molar-refractivity contribution in [3.8, 4) is 5.75 Å². The summed E-state index contributed by atoms with van der Waals surface area (Å²) in [6.07, 6.45) is 2.88. The Kier molecular flexibility index (Phi) is 6.10. The molecule has 1 rings (SSSR count). The minimum atomic E-state index is 0.234. The molecule has 0 aliphatic heterocycles. The fourth-order valence-electron chi connectivity index (χ4n) is 2.14. The molecule has 1 aromatic carbocycles. The van der Waals surface area contributed by atoms with Gasteiger partial charge >= 0.3 is 0 Å². The highest BCUT2D eigenvalue weighted by atomic mass is 16.5. The van der Waals surface area contributed by atoms with Crippen molar-refractivity contribution in [1.82, 2.24) is 4.90 Å². The van der Waals surface area contributed by atoms with Crippen molar-refractivity contribution in [2.24, 2.45) is 0 Å². The first-order valence-electron chi connectivity index (χ1n) is 7.07. The van der Waals surface area contributed by atoms with Crippen LogP contribution in [0, 0.1) is 0 Å². The smallest absolute Gasteiger partial charge is 0.119 e. The largest absolute Gasteiger partial charge is 0.494 e. The van der Waals surface area contributed by atoms with E-state index >= 15 is 0 Å². The summed E-state index contributed by atoms with van der Waals surface area (Å²) in [6, 6.07) is 8.04. The summed E-state index contributed by atoms with van der Waals surface area (Å²) >= 11 is 0. The third kappa shape index (κ3) is 5.48. The molecule has 19 heavy (non-hydrogen) atoms. The lowest BCUT2D eigenvalue weighted by atomic mass is 10.1. The number of hydrogen-bond acceptors (Lipinski definition) is 2. The molecule has 0 unspecified atom stereocenters. The molecule has 0 saturated heterocycles. The fraction of sp³-hybridized carbons (Fsp3) is 0.529. The van der Waals surface area contributed by atoms with Crippen LogP contribution >= 0.6 is 0 Å². The van der Waals surface area contributed by atoms with E-state index in [9.17, 15) is 0 Å². The molecule has 106 valence electrons. The summed E-state index contributed by atoms with van der Waals surface area (Å²) in [5, 5.41) is 0. The zero-order valence-corrected chi connectivity index (χ0v) is 12.8. The van der Waals surface area contributed by atoms with Gasteiger partial charge in [0.05, 0.1) is 6.61 Å². The van der Waals surface area contributed by atoms with E-state index in [0.29, 0.717) is 0 Å². The Labute approximate surface area is 118 Å². The Balaban J connectivity index is 2.36. The second kappa shape index (κ2) is 7.34. The maximum absolute atomic E-state index is 5.78. The molecule has 2 nitrogen and oxygen atoms in total. The SMILES string of the molecule is C=Cc1cccc(OCCCN(CC)C(C)(C)C)c1. The van der Waals surface area contributed by atoms with Crippen LogP contribution in [0.2, 0.25) is 0 Å². The zero-order valence-electron chi connectivity index (χ0n) is 12.8. The van der Waals surface area contributed by atoms with E-state index in [0.717, 1.165) is 37.4 Å². The zero-order chi connectivity index (χ0) is 14.3. The molecule has 0 amide bonds. The number of hydrogen-bond donors (Lipinski definition) is 0. The van der Waals surface area contributed by atoms with E-state index in [2.05, 4.69) is 39.2 Å². The summed E-state index contributed by atoms with van der Waals surface area (Å²) < 4.78 is 5.78. The van der Waals surface area contributed by atoms with Gasteiger partial charge < -0.3 is 4.74 Å². The second-order valence-electron chi connectivity index (χ2n) is 5.73. The maximum atomic E-state index is 5.78. The molecule has 0 heterocycles. The van der Waals surface area contributed by atoms with E-state index in [-0.39, 0.29) is 5.54 Å². The molecule has 0 spiro atoms. The van der Waals surface area contributed by atoms with Gasteiger partial charge in [0.15, 0.2) is 0 Å². The molecule has 0 saturated carbocycles. The van der Waals surface area contributed by atoms with Crippen molar-refractivity contribution >= 4 is 6.08 Å². The quantitative estimate of drug-likeness (QED) is 0.681. The Morgan fingerprint density at radius 1 is 1.32 bits per heavy atom. The van der Waals surface area contributed by atoms with E-state index in [1.807, 2.05) is 30.3 Å². The second-order valence-corrected chi connectivity index (χ2v) is 5.73. The third-order valence-corrected chi connectivity index (χ3v) is 3.27. The Morgan fingerprint density at radius 3 is 2.63 bits per heavy atom. The van der Waals surface area contributed by atoms with Gasteiger partial charge in [0.1, 0.15) is 5.75 Å². The van der Waals surface area contributed by atoms with Crippen molar-refractivity contribution in [1.29, 1.82) is 0 Å². The first-order valence-corrected chi connectivity index (χ1v) is 7.07. The first-order chi connectivity index (χ1) is 8.97. The average molecular weight is 261 g/mol. The molecule has 0 bridgehead atoms. The highest BCUT2D eigenvalue weighted by Gasteiger charge is 2.18. The summed E-state index contributed by atoms with van der Waals surface area (Å²) in [6.45, 7) is 15.6. The van der Waals surface area contributed by atoms with Gasteiger partial charge in [-0.3, -0.25) is 4.90 Å². The summed E-state index contributed by atoms with van der Waals surface area (Å²) in [5.74, 6) is 0.927. The molecule has 0 radical (unpaired) electrons. The molecule has 0 atom stereocenters. The number of benzene rings is 1. The van der Waals surface area contributed by atoms with E-state index < -0.39 is 0 Å². The highest BCUT2D eigenvalue weighted by molar-refractivity contribution is 5.49. The van der Waals surface area contributed by atoms with Crippen molar-refractivity contribution in [3.63, 3.8) is 0 Å². The molecule has 1 aromatic rings. The lowest BCUT2D eigenvalue weighted by molar-refractivity contribution is 0.134. The predicted molar refractivity (Wildman–Crippen MR) is 83.6 cm³/mol. The Morgan fingerprint density at radius 2 is 2.05 bits per heavy atom. The summed E-state index contributed by atoms with van der Waals surface area (Å²) in [5.41, 5.74) is 1.33. The van der Waals surface area contributed by atoms with E-state index in [1.165, 1.54) is 0 Å². The number of nitrogens with zero attached hydrogens (tertiary/aromatic N) is 1. The molecule has 0 N–H and O–H groups in total. The molecule has 0 aliphatic rings. The molecular weight excluding hydrogens is 234 g/mol. The van der Waals surface area contributed by atoms with Crippen molar-refractivity contribution < 1.29 is 4.74 Å². The summed E-state index contributed by atoms with van der Waals surface area (Å²) in [7, 11) is 0. The third-order valence-electron chi connectivity index (χ3n) is 3.27. The molecule has 0 aliphatic carbocycles. The first kappa shape index (κ1) is 15.8. The van der Waals surface area contributed by atoms with Crippen LogP contribution < -0.4 is 4.74 Å². The van der Waals surface area contributed by atoms with Gasteiger partial charge in [0, 0.05) is 12.1 Å². The van der Waals surface area contributed by atoms with E-state index in [4.69, 9.17) is 4.74 Å². The molecular formula is C17H27NO. The van der Waals surface area contributed by atoms with Gasteiger partial charge in [-0.05, 0) is 51.4 Å². The van der Waals surface area contributed by atoms with Gasteiger partial charge in [0.25, 0.3) is 0 Å². The number of ether oxygens (including phenoxy) is 1. The Bertz CT molecular complexity index is 392. The molecule has 0 fully saturated rings. The minimum Gasteiger partial charge on any atom is -0.494 e. The molecule has 0 aromatic heterocycles. The maximum Gasteiger partial charge on any atom is 0.119 e. The van der Waals surface area contributed by atoms with Crippen molar-refractivity contribution in [2.45, 2.75) is 39.7 Å². The Hall–Kier alpha value is -1.28. The lowest BCUT2D eigenvalue weighted by Gasteiger charge is -2.34. The van der Waals surface area contributed by atoms with Crippen molar-refractivity contribution in [2.75, 3.05) is 19.7 Å². The van der Waals surface area contributed by atoms with Gasteiger partial charge in [-0.2, -0.15) is 0 Å². The van der Waals surface area contributed by atoms with E-state index in [1.54, 1.807) is 0 Å². The predicted octanol–water partition coefficient (Wildman–Crippen LogP) is 4.22. The van der Waals surface area contributed by atoms with Crippen LogP contribution in [0.5, 0.6) is 5.75 Å². The van der Waals surface area contributed by atoms with Crippen LogP contribution in [0.1, 0.15) is 39.7 Å². The monoisotopic (exact) mass is 261 g/mol. The number of rotatable bonds is 7. The normalized spacial score (nSPS) is 11.6. The average Bonchev–Trinajstić information content (AvgIpc) is 2.37. The van der Waals surface area contributed by atoms with Crippen LogP contribution in [-0.4, -0.2) is 30.1 Å². The fourth-order valence-corrected chi connectivity index (χ4v) is 2.14. The van der Waals surface area contributed by atoms with Crippen LogP contribution in [0.15, 0.2) is 30.8 Å². The van der Waals surface area contributed by atoms with Crippen LogP contribution in [0.4, 0.5) is 0 Å². The topological polar surface area (TPSA) is 12.5 Å². The van der Waals surface area contributed by atoms with Gasteiger partial charge in [-0.1, -0.05) is 31.7 Å². The molecule has 2 heteroatoms. The van der Waals surface area contributed by atoms with Crippen molar-refractivity contribution in [3.05, 3.63) is 36.4 Å². The minimum absolute atomic E-state index is 0.234.